The van der Waals surface area contributed by atoms with Gasteiger partial charge in [-0.05, 0) is 45.4 Å². The van der Waals surface area contributed by atoms with E-state index in [0.29, 0.717) is 11.5 Å². The van der Waals surface area contributed by atoms with Crippen LogP contribution in [0.3, 0.4) is 0 Å². The first kappa shape index (κ1) is 29.5. The summed E-state index contributed by atoms with van der Waals surface area (Å²) < 4.78 is 11.2. The van der Waals surface area contributed by atoms with Crippen LogP contribution in [0.2, 0.25) is 0 Å². The molecule has 0 aliphatic carbocycles. The maximum Gasteiger partial charge on any atom is 0.312 e. The van der Waals surface area contributed by atoms with Crippen LogP contribution in [0, 0.1) is 5.41 Å². The highest BCUT2D eigenvalue weighted by molar-refractivity contribution is 8.14. The zero-order valence-corrected chi connectivity index (χ0v) is 24.1. The molecule has 1 aromatic carbocycles. The lowest BCUT2D eigenvalue weighted by Crippen LogP contribution is -2.54. The Morgan fingerprint density at radius 3 is 2.54 bits per heavy atom. The van der Waals surface area contributed by atoms with Gasteiger partial charge in [0.25, 0.3) is 0 Å². The van der Waals surface area contributed by atoms with Gasteiger partial charge in [-0.1, -0.05) is 31.9 Å². The Morgan fingerprint density at radius 2 is 1.92 bits per heavy atom. The molecule has 0 amide bonds. The molecule has 2 aliphatic rings. The third kappa shape index (κ3) is 6.89. The Morgan fingerprint density at radius 1 is 1.19 bits per heavy atom. The highest BCUT2D eigenvalue weighted by atomic mass is 32.2. The van der Waals surface area contributed by atoms with Gasteiger partial charge in [0.2, 0.25) is 0 Å². The first-order valence-corrected chi connectivity index (χ1v) is 14.8. The van der Waals surface area contributed by atoms with E-state index in [-0.39, 0.29) is 23.4 Å². The first-order chi connectivity index (χ1) is 17.5. The van der Waals surface area contributed by atoms with E-state index in [0.717, 1.165) is 47.6 Å². The van der Waals surface area contributed by atoms with Crippen LogP contribution < -0.4 is 4.74 Å². The second-order valence-corrected chi connectivity index (χ2v) is 12.3. The van der Waals surface area contributed by atoms with Gasteiger partial charge in [0.1, 0.15) is 22.3 Å². The summed E-state index contributed by atoms with van der Waals surface area (Å²) >= 11 is 3.37. The molecule has 0 spiro atoms. The fourth-order valence-corrected chi connectivity index (χ4v) is 7.69. The fraction of sp³-hybridized carbons (Fsp3) is 0.630. The van der Waals surface area contributed by atoms with Gasteiger partial charge in [-0.3, -0.25) is 24.3 Å². The standard InChI is InChI=1S/C27H38N2O6S2/c1-7-8-9-11-18-12-10-13-21(34-16(2)30)22(18)24-28-19(14-36-24)25-29(6)20(15-37-25)23(35-17(3)31)27(4,5)26(32)33/h10,12-13,19-20,23,25H,7-9,11,14-15H2,1-6H3,(H,32,33)/t19-,20+,23?,25+/m1/s1. The van der Waals surface area contributed by atoms with Gasteiger partial charge in [0.05, 0.1) is 23.0 Å². The summed E-state index contributed by atoms with van der Waals surface area (Å²) in [5, 5.41) is 10.7. The summed E-state index contributed by atoms with van der Waals surface area (Å²) in [6, 6.07) is 5.52. The number of carbonyl (C=O) groups excluding carboxylic acids is 2. The summed E-state index contributed by atoms with van der Waals surface area (Å²) in [5.41, 5.74) is 0.783. The molecular formula is C27H38N2O6S2. The van der Waals surface area contributed by atoms with E-state index in [4.69, 9.17) is 14.5 Å². The topological polar surface area (TPSA) is 106 Å². The van der Waals surface area contributed by atoms with Crippen molar-refractivity contribution in [2.75, 3.05) is 18.6 Å². The van der Waals surface area contributed by atoms with Crippen LogP contribution in [0.15, 0.2) is 23.2 Å². The molecule has 0 saturated carbocycles. The molecule has 1 aromatic rings. The largest absolute Gasteiger partial charge is 0.481 e. The number of carboxylic acids is 1. The molecule has 3 rings (SSSR count). The molecule has 0 radical (unpaired) electrons. The summed E-state index contributed by atoms with van der Waals surface area (Å²) in [6.07, 6.45) is 3.39. The van der Waals surface area contributed by atoms with E-state index in [9.17, 15) is 19.5 Å². The monoisotopic (exact) mass is 550 g/mol. The van der Waals surface area contributed by atoms with Gasteiger partial charge >= 0.3 is 17.9 Å². The number of likely N-dealkylation sites (N-methyl/N-ethyl adjacent to an activating group) is 1. The molecule has 1 N–H and O–H groups in total. The number of aliphatic carboxylic acids is 1. The molecule has 0 bridgehead atoms. The van der Waals surface area contributed by atoms with E-state index in [2.05, 4.69) is 17.9 Å². The minimum atomic E-state index is -1.24. The number of carbonyl (C=O) groups is 3. The van der Waals surface area contributed by atoms with Crippen molar-refractivity contribution >= 4 is 46.5 Å². The number of hydrogen-bond acceptors (Lipinski definition) is 9. The highest BCUT2D eigenvalue weighted by Crippen LogP contribution is 2.42. The Balaban J connectivity index is 1.88. The molecule has 1 fully saturated rings. The van der Waals surface area contributed by atoms with Gasteiger partial charge in [-0.15, -0.1) is 23.5 Å². The lowest BCUT2D eigenvalue weighted by atomic mass is 9.82. The van der Waals surface area contributed by atoms with Crippen molar-refractivity contribution in [3.05, 3.63) is 29.3 Å². The molecule has 1 saturated heterocycles. The van der Waals surface area contributed by atoms with E-state index >= 15 is 0 Å². The third-order valence-electron chi connectivity index (χ3n) is 6.90. The maximum atomic E-state index is 12.0. The van der Waals surface area contributed by atoms with E-state index in [1.165, 1.54) is 13.8 Å². The molecule has 2 heterocycles. The number of unbranched alkanes of at least 4 members (excludes halogenated alkanes) is 2. The Kier molecular flexibility index (Phi) is 10.1. The van der Waals surface area contributed by atoms with Gasteiger partial charge in [-0.25, -0.2) is 0 Å². The highest BCUT2D eigenvalue weighted by Gasteiger charge is 2.50. The molecule has 8 nitrogen and oxygen atoms in total. The van der Waals surface area contributed by atoms with E-state index < -0.39 is 23.5 Å². The zero-order chi connectivity index (χ0) is 27.3. The number of nitrogens with zero attached hydrogens (tertiary/aromatic N) is 2. The van der Waals surface area contributed by atoms with Gasteiger partial charge < -0.3 is 14.6 Å². The molecule has 1 unspecified atom stereocenters. The number of aliphatic imine (C=N–C) groups is 1. The fourth-order valence-electron chi connectivity index (χ4n) is 4.82. The molecule has 204 valence electrons. The van der Waals surface area contributed by atoms with Gasteiger partial charge in [0, 0.05) is 25.4 Å². The zero-order valence-electron chi connectivity index (χ0n) is 22.5. The molecule has 2 aliphatic heterocycles. The van der Waals surface area contributed by atoms with Crippen LogP contribution in [-0.2, 0) is 25.5 Å². The summed E-state index contributed by atoms with van der Waals surface area (Å²) in [7, 11) is 1.95. The van der Waals surface area contributed by atoms with Crippen molar-refractivity contribution < 1.29 is 29.0 Å². The predicted molar refractivity (Wildman–Crippen MR) is 149 cm³/mol. The number of esters is 2. The van der Waals surface area contributed by atoms with Crippen molar-refractivity contribution in [2.45, 2.75) is 83.9 Å². The van der Waals surface area contributed by atoms with Crippen molar-refractivity contribution in [3.63, 3.8) is 0 Å². The lowest BCUT2D eigenvalue weighted by molar-refractivity contribution is -0.169. The minimum absolute atomic E-state index is 0.00193. The number of thioether (sulfide) groups is 2. The van der Waals surface area contributed by atoms with Crippen LogP contribution in [0.4, 0.5) is 0 Å². The van der Waals surface area contributed by atoms with Crippen molar-refractivity contribution in [1.29, 1.82) is 0 Å². The maximum absolute atomic E-state index is 12.0. The van der Waals surface area contributed by atoms with Crippen LogP contribution in [0.5, 0.6) is 5.75 Å². The summed E-state index contributed by atoms with van der Waals surface area (Å²) in [6.45, 7) is 8.09. The van der Waals surface area contributed by atoms with E-state index in [1.807, 2.05) is 19.2 Å². The Labute approximate surface area is 227 Å². The quantitative estimate of drug-likeness (QED) is 0.240. The van der Waals surface area contributed by atoms with Crippen molar-refractivity contribution in [3.8, 4) is 5.75 Å². The number of carboxylic acid groups (broad SMARTS) is 1. The number of hydrogen-bond donors (Lipinski definition) is 1. The molecule has 4 atom stereocenters. The number of rotatable bonds is 11. The normalized spacial score (nSPS) is 23.0. The lowest BCUT2D eigenvalue weighted by Gasteiger charge is -2.38. The summed E-state index contributed by atoms with van der Waals surface area (Å²) in [5.74, 6) is 0.0719. The molecular weight excluding hydrogens is 512 g/mol. The van der Waals surface area contributed by atoms with Crippen LogP contribution in [-0.4, -0.2) is 75.1 Å². The predicted octanol–water partition coefficient (Wildman–Crippen LogP) is 4.62. The number of ether oxygens (including phenoxy) is 2. The molecule has 37 heavy (non-hydrogen) atoms. The second kappa shape index (κ2) is 12.7. The SMILES string of the molecule is CCCCCc1cccc(OC(C)=O)c1C1=N[C@@H]([C@@H]2SC[C@@H](C(OC(C)=O)C(C)(C)C(=O)O)N2C)CS1. The summed E-state index contributed by atoms with van der Waals surface area (Å²) in [4.78, 5) is 42.9. The number of aryl methyl sites for hydroxylation is 1. The second-order valence-electron chi connectivity index (χ2n) is 10.2. The average molecular weight is 551 g/mol. The molecule has 0 aromatic heterocycles. The average Bonchev–Trinajstić information content (AvgIpc) is 3.43. The van der Waals surface area contributed by atoms with Crippen LogP contribution in [0.1, 0.15) is 65.0 Å². The van der Waals surface area contributed by atoms with Crippen molar-refractivity contribution in [2.24, 2.45) is 10.4 Å². The van der Waals surface area contributed by atoms with Crippen LogP contribution >= 0.6 is 23.5 Å². The van der Waals surface area contributed by atoms with Crippen LogP contribution in [0.25, 0.3) is 0 Å². The third-order valence-corrected chi connectivity index (χ3v) is 9.51. The Bertz CT molecular complexity index is 1040. The number of benzene rings is 1. The first-order valence-electron chi connectivity index (χ1n) is 12.7. The Hall–Kier alpha value is -2.04. The van der Waals surface area contributed by atoms with Gasteiger partial charge in [0.15, 0.2) is 0 Å². The molecule has 10 heteroatoms. The smallest absolute Gasteiger partial charge is 0.312 e. The minimum Gasteiger partial charge on any atom is -0.481 e. The van der Waals surface area contributed by atoms with Gasteiger partial charge in [-0.2, -0.15) is 0 Å². The van der Waals surface area contributed by atoms with E-state index in [1.54, 1.807) is 37.4 Å². The van der Waals surface area contributed by atoms with Crippen molar-refractivity contribution in [1.82, 2.24) is 4.90 Å².